The number of ether oxygens (including phenoxy) is 1. The van der Waals surface area contributed by atoms with Crippen LogP contribution in [0.15, 0.2) is 36.7 Å². The molecular weight excluding hydrogens is 190 g/mol. The molecule has 2 rings (SSSR count). The van der Waals surface area contributed by atoms with E-state index in [2.05, 4.69) is 10.2 Å². The largest absolute Gasteiger partial charge is 0.496 e. The number of benzene rings is 1. The average molecular weight is 201 g/mol. The van der Waals surface area contributed by atoms with Crippen molar-refractivity contribution in [1.82, 2.24) is 10.2 Å². The molecule has 76 valence electrons. The number of nitrogen functional groups attached to an aromatic ring is 1. The third kappa shape index (κ3) is 1.88. The van der Waals surface area contributed by atoms with Crippen LogP contribution in [-0.2, 0) is 0 Å². The van der Waals surface area contributed by atoms with Crippen LogP contribution >= 0.6 is 0 Å². The predicted molar refractivity (Wildman–Crippen MR) is 58.4 cm³/mol. The minimum atomic E-state index is 0.678. The van der Waals surface area contributed by atoms with Crippen molar-refractivity contribution in [2.45, 2.75) is 0 Å². The zero-order valence-electron chi connectivity index (χ0n) is 8.34. The highest BCUT2D eigenvalue weighted by Crippen LogP contribution is 2.30. The van der Waals surface area contributed by atoms with Crippen molar-refractivity contribution < 1.29 is 4.74 Å². The number of hydrogen-bond acceptors (Lipinski definition) is 4. The molecule has 1 heterocycles. The van der Waals surface area contributed by atoms with Crippen LogP contribution in [0.2, 0.25) is 0 Å². The van der Waals surface area contributed by atoms with Crippen LogP contribution in [0.25, 0.3) is 11.1 Å². The first kappa shape index (κ1) is 9.45. The van der Waals surface area contributed by atoms with Crippen molar-refractivity contribution in [3.63, 3.8) is 0 Å². The maximum atomic E-state index is 5.67. The molecule has 0 atom stereocenters. The first-order chi connectivity index (χ1) is 7.31. The van der Waals surface area contributed by atoms with E-state index >= 15 is 0 Å². The van der Waals surface area contributed by atoms with Gasteiger partial charge in [0.15, 0.2) is 0 Å². The van der Waals surface area contributed by atoms with Gasteiger partial charge in [-0.2, -0.15) is 10.2 Å². The van der Waals surface area contributed by atoms with Crippen molar-refractivity contribution in [3.8, 4) is 16.9 Å². The van der Waals surface area contributed by atoms with Gasteiger partial charge < -0.3 is 10.5 Å². The number of rotatable bonds is 2. The van der Waals surface area contributed by atoms with E-state index in [-0.39, 0.29) is 0 Å². The Morgan fingerprint density at radius 3 is 2.73 bits per heavy atom. The van der Waals surface area contributed by atoms with Crippen LogP contribution in [0.1, 0.15) is 0 Å². The Balaban J connectivity index is 2.53. The van der Waals surface area contributed by atoms with Gasteiger partial charge in [0.2, 0.25) is 0 Å². The lowest BCUT2D eigenvalue weighted by Crippen LogP contribution is -1.92. The van der Waals surface area contributed by atoms with E-state index in [1.54, 1.807) is 25.6 Å². The van der Waals surface area contributed by atoms with E-state index in [1.165, 1.54) is 0 Å². The monoisotopic (exact) mass is 201 g/mol. The summed E-state index contributed by atoms with van der Waals surface area (Å²) in [4.78, 5) is 0. The number of nitrogens with zero attached hydrogens (tertiary/aromatic N) is 2. The third-order valence-corrected chi connectivity index (χ3v) is 2.12. The van der Waals surface area contributed by atoms with Crippen LogP contribution in [0.5, 0.6) is 5.75 Å². The van der Waals surface area contributed by atoms with E-state index in [9.17, 15) is 0 Å². The van der Waals surface area contributed by atoms with Crippen LogP contribution in [-0.4, -0.2) is 17.3 Å². The van der Waals surface area contributed by atoms with Crippen LogP contribution in [0, 0.1) is 0 Å². The molecule has 0 spiro atoms. The topological polar surface area (TPSA) is 61.0 Å². The number of anilines is 1. The zero-order chi connectivity index (χ0) is 10.7. The summed E-state index contributed by atoms with van der Waals surface area (Å²) in [6.07, 6.45) is 3.33. The molecule has 0 bridgehead atoms. The lowest BCUT2D eigenvalue weighted by Gasteiger charge is -2.08. The molecule has 0 saturated carbocycles. The Hall–Kier alpha value is -2.10. The number of hydrogen-bond donors (Lipinski definition) is 1. The maximum Gasteiger partial charge on any atom is 0.128 e. The number of aromatic nitrogens is 2. The van der Waals surface area contributed by atoms with Crippen molar-refractivity contribution in [2.75, 3.05) is 12.8 Å². The molecule has 0 fully saturated rings. The normalized spacial score (nSPS) is 9.93. The molecule has 4 nitrogen and oxygen atoms in total. The van der Waals surface area contributed by atoms with Gasteiger partial charge >= 0.3 is 0 Å². The zero-order valence-corrected chi connectivity index (χ0v) is 8.34. The Kier molecular flexibility index (Phi) is 2.49. The quantitative estimate of drug-likeness (QED) is 0.752. The van der Waals surface area contributed by atoms with Crippen molar-refractivity contribution in [1.29, 1.82) is 0 Å². The van der Waals surface area contributed by atoms with Gasteiger partial charge in [0, 0.05) is 22.9 Å². The molecule has 4 heteroatoms. The number of nitrogens with two attached hydrogens (primary N) is 1. The van der Waals surface area contributed by atoms with Gasteiger partial charge in [-0.1, -0.05) is 0 Å². The molecule has 0 amide bonds. The molecule has 0 aliphatic rings. The van der Waals surface area contributed by atoms with E-state index in [0.717, 1.165) is 16.9 Å². The highest BCUT2D eigenvalue weighted by molar-refractivity contribution is 5.72. The van der Waals surface area contributed by atoms with Crippen molar-refractivity contribution >= 4 is 5.69 Å². The molecule has 0 saturated heterocycles. The van der Waals surface area contributed by atoms with Gasteiger partial charge in [0.25, 0.3) is 0 Å². The summed E-state index contributed by atoms with van der Waals surface area (Å²) >= 11 is 0. The fourth-order valence-corrected chi connectivity index (χ4v) is 1.40. The second kappa shape index (κ2) is 3.96. The molecule has 0 aliphatic heterocycles. The molecule has 0 radical (unpaired) electrons. The smallest absolute Gasteiger partial charge is 0.128 e. The minimum absolute atomic E-state index is 0.678. The second-order valence-electron chi connectivity index (χ2n) is 3.09. The molecule has 1 aromatic carbocycles. The Bertz CT molecular complexity index is 457. The first-order valence-electron chi connectivity index (χ1n) is 4.52. The SMILES string of the molecule is COc1cc(N)ccc1-c1ccnnc1. The number of methoxy groups -OCH3 is 1. The standard InChI is InChI=1S/C11H11N3O/c1-15-11-6-9(12)2-3-10(11)8-4-5-13-14-7-8/h2-7H,12H2,1H3. The van der Waals surface area contributed by atoms with Gasteiger partial charge in [-0.3, -0.25) is 0 Å². The Morgan fingerprint density at radius 2 is 2.07 bits per heavy atom. The average Bonchev–Trinajstić information content (AvgIpc) is 2.30. The summed E-state index contributed by atoms with van der Waals surface area (Å²) in [6, 6.07) is 7.40. The van der Waals surface area contributed by atoms with Crippen LogP contribution in [0.4, 0.5) is 5.69 Å². The second-order valence-corrected chi connectivity index (χ2v) is 3.09. The van der Waals surface area contributed by atoms with Gasteiger partial charge in [-0.05, 0) is 18.2 Å². The summed E-state index contributed by atoms with van der Waals surface area (Å²) in [6.45, 7) is 0. The maximum absolute atomic E-state index is 5.67. The Morgan fingerprint density at radius 1 is 1.20 bits per heavy atom. The summed E-state index contributed by atoms with van der Waals surface area (Å²) in [5.74, 6) is 0.739. The fourth-order valence-electron chi connectivity index (χ4n) is 1.40. The third-order valence-electron chi connectivity index (χ3n) is 2.12. The van der Waals surface area contributed by atoms with Crippen LogP contribution < -0.4 is 10.5 Å². The fraction of sp³-hybridized carbons (Fsp3) is 0.0909. The summed E-state index contributed by atoms with van der Waals surface area (Å²) in [5, 5.41) is 7.55. The summed E-state index contributed by atoms with van der Waals surface area (Å²) in [7, 11) is 1.62. The van der Waals surface area contributed by atoms with Crippen LogP contribution in [0.3, 0.4) is 0 Å². The summed E-state index contributed by atoms with van der Waals surface area (Å²) < 4.78 is 5.25. The lowest BCUT2D eigenvalue weighted by atomic mass is 10.1. The molecular formula is C11H11N3O. The van der Waals surface area contributed by atoms with E-state index in [0.29, 0.717) is 5.69 Å². The molecule has 0 unspecified atom stereocenters. The first-order valence-corrected chi connectivity index (χ1v) is 4.52. The van der Waals surface area contributed by atoms with Crippen molar-refractivity contribution in [3.05, 3.63) is 36.7 Å². The molecule has 1 aromatic heterocycles. The molecule has 0 aliphatic carbocycles. The van der Waals surface area contributed by atoms with Gasteiger partial charge in [0.05, 0.1) is 19.5 Å². The summed E-state index contributed by atoms with van der Waals surface area (Å²) in [5.41, 5.74) is 8.27. The minimum Gasteiger partial charge on any atom is -0.496 e. The Labute approximate surface area is 87.7 Å². The molecule has 15 heavy (non-hydrogen) atoms. The van der Waals surface area contributed by atoms with Gasteiger partial charge in [0.1, 0.15) is 5.75 Å². The molecule has 2 aromatic rings. The van der Waals surface area contributed by atoms with Gasteiger partial charge in [-0.15, -0.1) is 0 Å². The van der Waals surface area contributed by atoms with E-state index in [4.69, 9.17) is 10.5 Å². The van der Waals surface area contributed by atoms with Crippen molar-refractivity contribution in [2.24, 2.45) is 0 Å². The predicted octanol–water partition coefficient (Wildman–Crippen LogP) is 1.73. The highest BCUT2D eigenvalue weighted by Gasteiger charge is 2.05. The molecule has 2 N–H and O–H groups in total. The highest BCUT2D eigenvalue weighted by atomic mass is 16.5. The van der Waals surface area contributed by atoms with Gasteiger partial charge in [-0.25, -0.2) is 0 Å². The van der Waals surface area contributed by atoms with E-state index < -0.39 is 0 Å². The van der Waals surface area contributed by atoms with E-state index in [1.807, 2.05) is 18.2 Å². The lowest BCUT2D eigenvalue weighted by molar-refractivity contribution is 0.416.